The molecule has 0 aliphatic heterocycles. The van der Waals surface area contributed by atoms with E-state index in [0.29, 0.717) is 0 Å². The van der Waals surface area contributed by atoms with Gasteiger partial charge in [0.2, 0.25) is 5.15 Å². The van der Waals surface area contributed by atoms with E-state index in [9.17, 15) is 4.79 Å². The van der Waals surface area contributed by atoms with Gasteiger partial charge in [0.1, 0.15) is 0 Å². The highest BCUT2D eigenvalue weighted by Crippen LogP contribution is 2.14. The first-order chi connectivity index (χ1) is 5.15. The molecule has 0 radical (unpaired) electrons. The van der Waals surface area contributed by atoms with Gasteiger partial charge in [0.25, 0.3) is 0 Å². The summed E-state index contributed by atoms with van der Waals surface area (Å²) in [6.45, 7) is 0. The van der Waals surface area contributed by atoms with Crippen LogP contribution in [0.3, 0.4) is 0 Å². The quantitative estimate of drug-likeness (QED) is 0.672. The van der Waals surface area contributed by atoms with Crippen LogP contribution in [0.2, 0.25) is 10.3 Å². The summed E-state index contributed by atoms with van der Waals surface area (Å²) in [6.07, 6.45) is 0. The number of hydrogen-bond donors (Lipinski definition) is 0. The van der Waals surface area contributed by atoms with Crippen LogP contribution in [0.25, 0.3) is 0 Å². The molecule has 6 heteroatoms. The van der Waals surface area contributed by atoms with E-state index in [1.54, 1.807) is 0 Å². The number of rotatable bonds is 1. The summed E-state index contributed by atoms with van der Waals surface area (Å²) in [4.78, 5) is 14.2. The van der Waals surface area contributed by atoms with E-state index in [4.69, 9.17) is 34.8 Å². The van der Waals surface area contributed by atoms with Gasteiger partial charge < -0.3 is 4.42 Å². The van der Waals surface area contributed by atoms with Gasteiger partial charge in [-0.3, -0.25) is 0 Å². The molecule has 0 saturated carbocycles. The lowest BCUT2D eigenvalue weighted by Gasteiger charge is -1.95. The lowest BCUT2D eigenvalue weighted by molar-refractivity contribution is 0.468. The number of halogens is 3. The van der Waals surface area contributed by atoms with E-state index < -0.39 is 5.63 Å². The fourth-order valence-electron chi connectivity index (χ4n) is 0.473. The first-order valence-corrected chi connectivity index (χ1v) is 3.85. The second kappa shape index (κ2) is 3.43. The van der Waals surface area contributed by atoms with Gasteiger partial charge in [-0.15, -0.1) is 11.6 Å². The van der Waals surface area contributed by atoms with Crippen molar-refractivity contribution in [3.05, 3.63) is 26.5 Å². The van der Waals surface area contributed by atoms with Crippen LogP contribution in [-0.4, -0.2) is 4.98 Å². The van der Waals surface area contributed by atoms with Crippen molar-refractivity contribution in [3.63, 3.8) is 0 Å². The van der Waals surface area contributed by atoms with E-state index in [0.717, 1.165) is 0 Å². The van der Waals surface area contributed by atoms with Gasteiger partial charge in [-0.25, -0.2) is 9.78 Å². The predicted octanol–water partition coefficient (Wildman–Crippen LogP) is 2.08. The molecule has 0 aliphatic rings. The van der Waals surface area contributed by atoms with E-state index in [1.807, 2.05) is 0 Å². The molecular formula is C5H2Cl3NO2. The van der Waals surface area contributed by atoms with Gasteiger partial charge in [-0.2, -0.15) is 0 Å². The summed E-state index contributed by atoms with van der Waals surface area (Å²) >= 11 is 16.1. The maximum Gasteiger partial charge on any atom is 0.374 e. The van der Waals surface area contributed by atoms with Gasteiger partial charge in [-0.1, -0.05) is 23.2 Å². The molecule has 60 valence electrons. The molecule has 0 amide bonds. The van der Waals surface area contributed by atoms with Gasteiger partial charge in [-0.05, 0) is 0 Å². The molecule has 1 rings (SSSR count). The van der Waals surface area contributed by atoms with E-state index in [1.165, 1.54) is 0 Å². The summed E-state index contributed by atoms with van der Waals surface area (Å²) in [5.74, 6) is 0.126. The molecule has 3 nitrogen and oxygen atoms in total. The highest BCUT2D eigenvalue weighted by Gasteiger charge is 2.07. The van der Waals surface area contributed by atoms with Crippen LogP contribution >= 0.6 is 34.8 Å². The highest BCUT2D eigenvalue weighted by molar-refractivity contribution is 6.32. The Kier molecular flexibility index (Phi) is 2.76. The molecule has 0 aromatic carbocycles. The van der Waals surface area contributed by atoms with Crippen LogP contribution in [0.1, 0.15) is 5.76 Å². The molecular weight excluding hydrogens is 212 g/mol. The zero-order valence-electron chi connectivity index (χ0n) is 5.10. The van der Waals surface area contributed by atoms with E-state index in [2.05, 4.69) is 9.40 Å². The summed E-state index contributed by atoms with van der Waals surface area (Å²) in [7, 11) is 0. The van der Waals surface area contributed by atoms with Crippen molar-refractivity contribution in [1.82, 2.24) is 4.98 Å². The van der Waals surface area contributed by atoms with Gasteiger partial charge >= 0.3 is 5.63 Å². The Morgan fingerprint density at radius 2 is 2.00 bits per heavy atom. The van der Waals surface area contributed by atoms with Crippen LogP contribution in [0, 0.1) is 0 Å². The minimum atomic E-state index is -0.730. The fourth-order valence-corrected chi connectivity index (χ4v) is 1.08. The fraction of sp³-hybridized carbons (Fsp3) is 0.200. The smallest absolute Gasteiger partial charge is 0.374 e. The van der Waals surface area contributed by atoms with Crippen LogP contribution in [-0.2, 0) is 5.88 Å². The maximum absolute atomic E-state index is 10.7. The normalized spacial score (nSPS) is 10.1. The lowest BCUT2D eigenvalue weighted by Crippen LogP contribution is -2.04. The van der Waals surface area contributed by atoms with Crippen molar-refractivity contribution in [2.45, 2.75) is 5.88 Å². The molecule has 1 heterocycles. The second-order valence-corrected chi connectivity index (χ2v) is 2.62. The van der Waals surface area contributed by atoms with E-state index >= 15 is 0 Å². The summed E-state index contributed by atoms with van der Waals surface area (Å²) in [5.41, 5.74) is -0.730. The van der Waals surface area contributed by atoms with Crippen LogP contribution in [0.15, 0.2) is 9.21 Å². The molecule has 0 atom stereocenters. The largest absolute Gasteiger partial charge is 0.421 e. The molecule has 0 unspecified atom stereocenters. The zero-order valence-corrected chi connectivity index (χ0v) is 7.37. The predicted molar refractivity (Wildman–Crippen MR) is 42.4 cm³/mol. The molecule has 0 spiro atoms. The Balaban J connectivity index is 3.32. The molecule has 0 aliphatic carbocycles. The molecule has 11 heavy (non-hydrogen) atoms. The van der Waals surface area contributed by atoms with Crippen LogP contribution < -0.4 is 5.63 Å². The molecule has 1 aromatic rings. The molecule has 1 aromatic heterocycles. The standard InChI is InChI=1S/C5H2Cl3NO2/c6-1-2-3(7)9-4(8)5(10)11-2/h1H2. The van der Waals surface area contributed by atoms with Crippen LogP contribution in [0.4, 0.5) is 0 Å². The molecule has 0 bridgehead atoms. The average Bonchev–Trinajstić information content (AvgIpc) is 1.97. The topological polar surface area (TPSA) is 43.1 Å². The van der Waals surface area contributed by atoms with Gasteiger partial charge in [0.05, 0.1) is 5.88 Å². The number of alkyl halides is 1. The zero-order chi connectivity index (χ0) is 8.43. The Morgan fingerprint density at radius 1 is 1.36 bits per heavy atom. The number of nitrogens with zero attached hydrogens (tertiary/aromatic N) is 1. The van der Waals surface area contributed by atoms with Gasteiger partial charge in [0.15, 0.2) is 10.9 Å². The van der Waals surface area contributed by atoms with Crippen LogP contribution in [0.5, 0.6) is 0 Å². The first-order valence-electron chi connectivity index (χ1n) is 2.56. The average molecular weight is 214 g/mol. The third-order valence-electron chi connectivity index (χ3n) is 0.932. The number of aromatic nitrogens is 1. The van der Waals surface area contributed by atoms with E-state index in [-0.39, 0.29) is 21.9 Å². The van der Waals surface area contributed by atoms with Crippen molar-refractivity contribution >= 4 is 34.8 Å². The highest BCUT2D eigenvalue weighted by atomic mass is 35.5. The van der Waals surface area contributed by atoms with Crippen molar-refractivity contribution in [2.24, 2.45) is 0 Å². The van der Waals surface area contributed by atoms with Crippen molar-refractivity contribution in [2.75, 3.05) is 0 Å². The second-order valence-electron chi connectivity index (χ2n) is 1.64. The minimum Gasteiger partial charge on any atom is -0.421 e. The molecule has 0 saturated heterocycles. The summed E-state index contributed by atoms with van der Waals surface area (Å²) < 4.78 is 4.57. The monoisotopic (exact) mass is 213 g/mol. The number of hydrogen-bond acceptors (Lipinski definition) is 3. The third-order valence-corrected chi connectivity index (χ3v) is 1.71. The first kappa shape index (κ1) is 8.84. The van der Waals surface area contributed by atoms with Crippen molar-refractivity contribution in [1.29, 1.82) is 0 Å². The van der Waals surface area contributed by atoms with Crippen molar-refractivity contribution in [3.8, 4) is 0 Å². The third kappa shape index (κ3) is 1.86. The summed E-state index contributed by atoms with van der Waals surface area (Å²) in [5, 5.41) is -0.270. The molecule has 0 fully saturated rings. The SMILES string of the molecule is O=c1oc(CCl)c(Cl)nc1Cl. The van der Waals surface area contributed by atoms with Gasteiger partial charge in [0, 0.05) is 0 Å². The Bertz CT molecular complexity index is 322. The van der Waals surface area contributed by atoms with Crippen molar-refractivity contribution < 1.29 is 4.42 Å². The summed E-state index contributed by atoms with van der Waals surface area (Å²) in [6, 6.07) is 0. The molecule has 0 N–H and O–H groups in total. The Labute approximate surface area is 76.9 Å². The Morgan fingerprint density at radius 3 is 2.55 bits per heavy atom. The minimum absolute atomic E-state index is 0.00174. The maximum atomic E-state index is 10.7. The Hall–Kier alpha value is -0.250. The lowest BCUT2D eigenvalue weighted by atomic mass is 10.6.